The van der Waals surface area contributed by atoms with E-state index in [2.05, 4.69) is 11.4 Å². The highest BCUT2D eigenvalue weighted by molar-refractivity contribution is 5.32. The van der Waals surface area contributed by atoms with Gasteiger partial charge in [0.05, 0.1) is 6.04 Å². The zero-order chi connectivity index (χ0) is 13.7. The van der Waals surface area contributed by atoms with Crippen molar-refractivity contribution in [1.82, 2.24) is 5.32 Å². The Kier molecular flexibility index (Phi) is 5.15. The Morgan fingerprint density at radius 2 is 1.95 bits per heavy atom. The van der Waals surface area contributed by atoms with Crippen molar-refractivity contribution in [3.63, 3.8) is 0 Å². The van der Waals surface area contributed by atoms with Crippen LogP contribution in [0.25, 0.3) is 0 Å². The predicted molar refractivity (Wildman–Crippen MR) is 78.7 cm³/mol. The van der Waals surface area contributed by atoms with Crippen molar-refractivity contribution in [2.24, 2.45) is 0 Å². The largest absolute Gasteiger partial charge is 0.310 e. The van der Waals surface area contributed by atoms with E-state index in [-0.39, 0.29) is 11.9 Å². The van der Waals surface area contributed by atoms with Gasteiger partial charge >= 0.3 is 0 Å². The lowest BCUT2D eigenvalue weighted by molar-refractivity contribution is 0.541. The number of benzene rings is 1. The molecule has 0 aromatic heterocycles. The van der Waals surface area contributed by atoms with Gasteiger partial charge in [0, 0.05) is 5.56 Å². The highest BCUT2D eigenvalue weighted by Gasteiger charge is 2.18. The van der Waals surface area contributed by atoms with Crippen LogP contribution in [-0.2, 0) is 0 Å². The van der Waals surface area contributed by atoms with Crippen molar-refractivity contribution in [2.75, 3.05) is 7.05 Å². The van der Waals surface area contributed by atoms with E-state index in [1.54, 1.807) is 6.07 Å². The number of likely N-dealkylation sites (N-methyl/N-ethyl adjacent to an activating group) is 1. The molecule has 0 amide bonds. The minimum Gasteiger partial charge on any atom is -0.310 e. The van der Waals surface area contributed by atoms with Gasteiger partial charge in [-0.1, -0.05) is 36.6 Å². The Balaban J connectivity index is 2.27. The lowest BCUT2D eigenvalue weighted by atomic mass is 9.90. The summed E-state index contributed by atoms with van der Waals surface area (Å²) in [7, 11) is 1.92. The first kappa shape index (κ1) is 14.3. The fraction of sp³-hybridized carbons (Fsp3) is 0.529. The van der Waals surface area contributed by atoms with Gasteiger partial charge in [-0.15, -0.1) is 0 Å². The van der Waals surface area contributed by atoms with Crippen molar-refractivity contribution in [2.45, 2.75) is 51.5 Å². The van der Waals surface area contributed by atoms with Gasteiger partial charge in [0.2, 0.25) is 0 Å². The molecule has 0 saturated carbocycles. The van der Waals surface area contributed by atoms with Crippen molar-refractivity contribution < 1.29 is 4.39 Å². The Hall–Kier alpha value is -1.15. The van der Waals surface area contributed by atoms with Gasteiger partial charge in [-0.05, 0) is 51.3 Å². The van der Waals surface area contributed by atoms with Crippen LogP contribution in [0, 0.1) is 12.7 Å². The summed E-state index contributed by atoms with van der Waals surface area (Å²) in [4.78, 5) is 0. The highest BCUT2D eigenvalue weighted by atomic mass is 19.1. The fourth-order valence-corrected chi connectivity index (χ4v) is 2.89. The van der Waals surface area contributed by atoms with Gasteiger partial charge in [-0.25, -0.2) is 4.39 Å². The van der Waals surface area contributed by atoms with Crippen molar-refractivity contribution >= 4 is 0 Å². The first-order valence-electron chi connectivity index (χ1n) is 7.34. The third-order valence-corrected chi connectivity index (χ3v) is 3.95. The third kappa shape index (κ3) is 3.66. The SMILES string of the molecule is CNC(/C1=C/CCCCCC1)c1ccc(C)cc1F. The van der Waals surface area contributed by atoms with Gasteiger partial charge in [-0.3, -0.25) is 0 Å². The first-order chi connectivity index (χ1) is 9.22. The number of hydrogen-bond donors (Lipinski definition) is 1. The minimum atomic E-state index is -0.0951. The van der Waals surface area contributed by atoms with Crippen molar-refractivity contribution in [3.05, 3.63) is 46.8 Å². The van der Waals surface area contributed by atoms with Crippen LogP contribution in [-0.4, -0.2) is 7.05 Å². The quantitative estimate of drug-likeness (QED) is 0.779. The lowest BCUT2D eigenvalue weighted by Gasteiger charge is -2.23. The molecule has 1 aliphatic rings. The van der Waals surface area contributed by atoms with Crippen molar-refractivity contribution in [3.8, 4) is 0 Å². The van der Waals surface area contributed by atoms with Gasteiger partial charge in [-0.2, -0.15) is 0 Å². The van der Waals surface area contributed by atoms with Gasteiger partial charge in [0.1, 0.15) is 5.82 Å². The molecule has 0 saturated heterocycles. The molecule has 2 heteroatoms. The molecule has 1 N–H and O–H groups in total. The molecule has 1 aliphatic carbocycles. The Bertz CT molecular complexity index is 451. The zero-order valence-electron chi connectivity index (χ0n) is 12.0. The number of allylic oxidation sites excluding steroid dienone is 1. The maximum absolute atomic E-state index is 14.2. The molecule has 0 spiro atoms. The van der Waals surface area contributed by atoms with Crippen LogP contribution in [0.2, 0.25) is 0 Å². The molecule has 0 heterocycles. The average Bonchev–Trinajstić information content (AvgIpc) is 2.34. The Morgan fingerprint density at radius 3 is 2.68 bits per heavy atom. The molecular weight excluding hydrogens is 237 g/mol. The molecule has 0 aliphatic heterocycles. The highest BCUT2D eigenvalue weighted by Crippen LogP contribution is 2.30. The number of halogens is 1. The molecule has 0 bridgehead atoms. The van der Waals surface area contributed by atoms with Crippen molar-refractivity contribution in [1.29, 1.82) is 0 Å². The maximum atomic E-state index is 14.2. The number of rotatable bonds is 3. The monoisotopic (exact) mass is 261 g/mol. The Labute approximate surface area is 115 Å². The third-order valence-electron chi connectivity index (χ3n) is 3.95. The van der Waals surface area contributed by atoms with Crippen LogP contribution >= 0.6 is 0 Å². The smallest absolute Gasteiger partial charge is 0.128 e. The van der Waals surface area contributed by atoms with Crippen LogP contribution < -0.4 is 5.32 Å². The summed E-state index contributed by atoms with van der Waals surface area (Å²) in [6.45, 7) is 1.93. The zero-order valence-corrected chi connectivity index (χ0v) is 12.0. The molecule has 0 fully saturated rings. The number of hydrogen-bond acceptors (Lipinski definition) is 1. The first-order valence-corrected chi connectivity index (χ1v) is 7.34. The van der Waals surface area contributed by atoms with E-state index < -0.39 is 0 Å². The number of aryl methyl sites for hydroxylation is 1. The summed E-state index contributed by atoms with van der Waals surface area (Å²) in [6, 6.07) is 5.57. The average molecular weight is 261 g/mol. The maximum Gasteiger partial charge on any atom is 0.128 e. The second-order valence-corrected chi connectivity index (χ2v) is 5.48. The van der Waals surface area contributed by atoms with E-state index in [1.807, 2.05) is 26.1 Å². The molecular formula is C17H24FN. The van der Waals surface area contributed by atoms with E-state index >= 15 is 0 Å². The van der Waals surface area contributed by atoms with Gasteiger partial charge in [0.25, 0.3) is 0 Å². The van der Waals surface area contributed by atoms with Crippen LogP contribution in [0.3, 0.4) is 0 Å². The summed E-state index contributed by atoms with van der Waals surface area (Å²) >= 11 is 0. The lowest BCUT2D eigenvalue weighted by Crippen LogP contribution is -2.20. The predicted octanol–water partition coefficient (Wildman–Crippen LogP) is 4.68. The molecule has 1 aromatic rings. The minimum absolute atomic E-state index is 0.0266. The summed E-state index contributed by atoms with van der Waals surface area (Å²) in [5, 5.41) is 3.29. The van der Waals surface area contributed by atoms with E-state index in [0.29, 0.717) is 0 Å². The molecule has 1 unspecified atom stereocenters. The summed E-state index contributed by atoms with van der Waals surface area (Å²) < 4.78 is 14.2. The van der Waals surface area contributed by atoms with Crippen LogP contribution in [0.5, 0.6) is 0 Å². The van der Waals surface area contributed by atoms with Crippen LogP contribution in [0.15, 0.2) is 29.8 Å². The fourth-order valence-electron chi connectivity index (χ4n) is 2.89. The van der Waals surface area contributed by atoms with E-state index in [1.165, 1.54) is 31.3 Å². The van der Waals surface area contributed by atoms with Gasteiger partial charge in [0.15, 0.2) is 0 Å². The van der Waals surface area contributed by atoms with Gasteiger partial charge < -0.3 is 5.32 Å². The second kappa shape index (κ2) is 6.85. The van der Waals surface area contributed by atoms with E-state index in [0.717, 1.165) is 24.0 Å². The normalized spacial score (nSPS) is 21.1. The number of nitrogens with one attached hydrogen (secondary N) is 1. The summed E-state index contributed by atoms with van der Waals surface area (Å²) in [5.74, 6) is -0.0951. The second-order valence-electron chi connectivity index (χ2n) is 5.48. The molecule has 0 radical (unpaired) electrons. The molecule has 19 heavy (non-hydrogen) atoms. The molecule has 1 aromatic carbocycles. The van der Waals surface area contributed by atoms with E-state index in [4.69, 9.17) is 0 Å². The van der Waals surface area contributed by atoms with Crippen LogP contribution in [0.1, 0.15) is 55.7 Å². The van der Waals surface area contributed by atoms with Crippen LogP contribution in [0.4, 0.5) is 4.39 Å². The van der Waals surface area contributed by atoms with E-state index in [9.17, 15) is 4.39 Å². The summed E-state index contributed by atoms with van der Waals surface area (Å²) in [5.41, 5.74) is 3.10. The summed E-state index contributed by atoms with van der Waals surface area (Å²) in [6.07, 6.45) is 9.63. The standard InChI is InChI=1S/C17H24FN/c1-13-10-11-15(16(18)12-13)17(19-2)14-8-6-4-3-5-7-9-14/h8,10-12,17,19H,3-7,9H2,1-2H3/b14-8+. The Morgan fingerprint density at radius 1 is 1.16 bits per heavy atom. The topological polar surface area (TPSA) is 12.0 Å². The molecule has 2 rings (SSSR count). The molecule has 1 nitrogen and oxygen atoms in total. The molecule has 104 valence electrons. The molecule has 1 atom stereocenters.